The highest BCUT2D eigenvalue weighted by Gasteiger charge is 2.53. The number of hydrogen-bond donors (Lipinski definition) is 0. The van der Waals surface area contributed by atoms with Crippen molar-refractivity contribution in [1.29, 1.82) is 0 Å². The highest BCUT2D eigenvalue weighted by molar-refractivity contribution is 5.88. The van der Waals surface area contributed by atoms with Crippen LogP contribution in [0.25, 0.3) is 0 Å². The first-order valence-corrected chi connectivity index (χ1v) is 9.99. The third-order valence-electron chi connectivity index (χ3n) is 6.19. The van der Waals surface area contributed by atoms with Crippen molar-refractivity contribution < 1.29 is 23.5 Å². The molecule has 5 nitrogen and oxygen atoms in total. The Kier molecular flexibility index (Phi) is 5.06. The van der Waals surface area contributed by atoms with E-state index in [9.17, 15) is 14.0 Å². The van der Waals surface area contributed by atoms with Crippen LogP contribution in [-0.2, 0) is 14.3 Å². The average molecular weight is 375 g/mol. The Labute approximate surface area is 158 Å². The Hall–Kier alpha value is -2.11. The van der Waals surface area contributed by atoms with Gasteiger partial charge in [0.25, 0.3) is 0 Å². The number of hydrogen-bond acceptors (Lipinski definition) is 4. The zero-order valence-corrected chi connectivity index (χ0v) is 15.5. The maximum Gasteiger partial charge on any atom is 0.307 e. The normalized spacial score (nSPS) is 25.4. The van der Waals surface area contributed by atoms with Crippen molar-refractivity contribution in [1.82, 2.24) is 4.90 Å². The van der Waals surface area contributed by atoms with E-state index in [1.807, 2.05) is 4.90 Å². The molecule has 1 atom stereocenters. The number of carbonyl (C=O) groups excluding carboxylic acids is 2. The summed E-state index contributed by atoms with van der Waals surface area (Å²) >= 11 is 0. The topological polar surface area (TPSA) is 55.8 Å². The SMILES string of the molecule is O=C1C[C@H](C(=O)N2CCC(Oc3ccc(F)cc3)CC2)C2(CCCCC2)O1. The molecule has 1 amide bonds. The van der Waals surface area contributed by atoms with Gasteiger partial charge in [0.2, 0.25) is 5.91 Å². The summed E-state index contributed by atoms with van der Waals surface area (Å²) in [7, 11) is 0. The van der Waals surface area contributed by atoms with Gasteiger partial charge in [-0.05, 0) is 49.9 Å². The Balaban J connectivity index is 1.35. The van der Waals surface area contributed by atoms with Crippen molar-refractivity contribution in [2.75, 3.05) is 13.1 Å². The smallest absolute Gasteiger partial charge is 0.307 e. The van der Waals surface area contributed by atoms with E-state index in [0.29, 0.717) is 18.8 Å². The minimum Gasteiger partial charge on any atom is -0.490 e. The van der Waals surface area contributed by atoms with E-state index in [4.69, 9.17) is 9.47 Å². The summed E-state index contributed by atoms with van der Waals surface area (Å²) in [6, 6.07) is 6.02. The standard InChI is InChI=1S/C21H26FNO4/c22-15-4-6-16(7-5-15)26-17-8-12-23(13-9-17)20(25)18-14-19(24)27-21(18)10-2-1-3-11-21/h4-7,17-18H,1-3,8-14H2/t18-/m1/s1. The minimum absolute atomic E-state index is 0.0182. The third kappa shape index (κ3) is 3.80. The number of halogens is 1. The van der Waals surface area contributed by atoms with Gasteiger partial charge in [0.15, 0.2) is 0 Å². The second-order valence-corrected chi connectivity index (χ2v) is 7.95. The Morgan fingerprint density at radius 3 is 2.44 bits per heavy atom. The first-order valence-electron chi connectivity index (χ1n) is 9.99. The molecular formula is C21H26FNO4. The molecule has 2 saturated heterocycles. The molecule has 0 N–H and O–H groups in total. The van der Waals surface area contributed by atoms with Crippen LogP contribution < -0.4 is 4.74 Å². The van der Waals surface area contributed by atoms with Crippen LogP contribution in [0.15, 0.2) is 24.3 Å². The molecular weight excluding hydrogens is 349 g/mol. The lowest BCUT2D eigenvalue weighted by molar-refractivity contribution is -0.156. The first-order chi connectivity index (χ1) is 13.1. The van der Waals surface area contributed by atoms with Crippen LogP contribution in [0.4, 0.5) is 4.39 Å². The molecule has 2 heterocycles. The maximum absolute atomic E-state index is 13.1. The monoisotopic (exact) mass is 375 g/mol. The third-order valence-corrected chi connectivity index (χ3v) is 6.19. The molecule has 146 valence electrons. The lowest BCUT2D eigenvalue weighted by atomic mass is 9.75. The molecule has 0 aromatic heterocycles. The van der Waals surface area contributed by atoms with Gasteiger partial charge in [-0.15, -0.1) is 0 Å². The molecule has 1 spiro atoms. The summed E-state index contributed by atoms with van der Waals surface area (Å²) in [6.45, 7) is 1.23. The average Bonchev–Trinajstić information content (AvgIpc) is 2.99. The van der Waals surface area contributed by atoms with Crippen LogP contribution >= 0.6 is 0 Å². The molecule has 0 radical (unpaired) electrons. The highest BCUT2D eigenvalue weighted by Crippen LogP contribution is 2.45. The number of rotatable bonds is 3. The van der Waals surface area contributed by atoms with Crippen LogP contribution in [0.3, 0.4) is 0 Å². The maximum atomic E-state index is 13.1. The summed E-state index contributed by atoms with van der Waals surface area (Å²) < 4.78 is 24.6. The van der Waals surface area contributed by atoms with Crippen molar-refractivity contribution in [3.63, 3.8) is 0 Å². The van der Waals surface area contributed by atoms with Gasteiger partial charge in [0.1, 0.15) is 23.3 Å². The molecule has 27 heavy (non-hydrogen) atoms. The molecule has 2 aliphatic heterocycles. The zero-order valence-electron chi connectivity index (χ0n) is 15.5. The van der Waals surface area contributed by atoms with E-state index in [1.54, 1.807) is 12.1 Å². The van der Waals surface area contributed by atoms with Crippen molar-refractivity contribution in [3.05, 3.63) is 30.1 Å². The fourth-order valence-corrected chi connectivity index (χ4v) is 4.73. The van der Waals surface area contributed by atoms with Crippen molar-refractivity contribution in [2.24, 2.45) is 5.92 Å². The number of piperidine rings is 1. The van der Waals surface area contributed by atoms with Crippen molar-refractivity contribution in [2.45, 2.75) is 63.1 Å². The zero-order chi connectivity index (χ0) is 18.9. The highest BCUT2D eigenvalue weighted by atomic mass is 19.1. The van der Waals surface area contributed by atoms with Crippen molar-refractivity contribution >= 4 is 11.9 Å². The molecule has 1 aliphatic carbocycles. The quantitative estimate of drug-likeness (QED) is 0.759. The second-order valence-electron chi connectivity index (χ2n) is 7.95. The number of amides is 1. The van der Waals surface area contributed by atoms with Crippen LogP contribution in [0.5, 0.6) is 5.75 Å². The van der Waals surface area contributed by atoms with Crippen LogP contribution in [-0.4, -0.2) is 41.6 Å². The molecule has 0 unspecified atom stereocenters. The summed E-state index contributed by atoms with van der Waals surface area (Å²) in [5, 5.41) is 0. The molecule has 3 fully saturated rings. The first kappa shape index (κ1) is 18.3. The summed E-state index contributed by atoms with van der Waals surface area (Å²) in [6.07, 6.45) is 6.49. The number of likely N-dealkylation sites (tertiary alicyclic amines) is 1. The van der Waals surface area contributed by atoms with E-state index >= 15 is 0 Å². The molecule has 1 aromatic carbocycles. The molecule has 3 aliphatic rings. The molecule has 1 saturated carbocycles. The number of nitrogens with zero attached hydrogens (tertiary/aromatic N) is 1. The summed E-state index contributed by atoms with van der Waals surface area (Å²) in [5.41, 5.74) is -0.562. The Bertz CT molecular complexity index is 691. The number of esters is 1. The molecule has 4 rings (SSSR count). The van der Waals surface area contributed by atoms with Crippen LogP contribution in [0, 0.1) is 11.7 Å². The van der Waals surface area contributed by atoms with Gasteiger partial charge in [0, 0.05) is 25.9 Å². The molecule has 0 bridgehead atoms. The van der Waals surface area contributed by atoms with Gasteiger partial charge < -0.3 is 14.4 Å². The molecule has 6 heteroatoms. The predicted octanol–water partition coefficient (Wildman–Crippen LogP) is 3.46. The summed E-state index contributed by atoms with van der Waals surface area (Å²) in [5.74, 6) is -0.141. The Morgan fingerprint density at radius 1 is 1.11 bits per heavy atom. The fourth-order valence-electron chi connectivity index (χ4n) is 4.73. The van der Waals surface area contributed by atoms with E-state index in [1.165, 1.54) is 12.1 Å². The lowest BCUT2D eigenvalue weighted by Crippen LogP contribution is -2.50. The Morgan fingerprint density at radius 2 is 1.78 bits per heavy atom. The van der Waals surface area contributed by atoms with E-state index < -0.39 is 5.60 Å². The number of ether oxygens (including phenoxy) is 2. The van der Waals surface area contributed by atoms with Gasteiger partial charge >= 0.3 is 5.97 Å². The number of carbonyl (C=O) groups is 2. The summed E-state index contributed by atoms with van der Waals surface area (Å²) in [4.78, 5) is 27.0. The second kappa shape index (κ2) is 7.49. The van der Waals surface area contributed by atoms with Gasteiger partial charge in [-0.3, -0.25) is 9.59 Å². The van der Waals surface area contributed by atoms with E-state index in [2.05, 4.69) is 0 Å². The fraction of sp³-hybridized carbons (Fsp3) is 0.619. The minimum atomic E-state index is -0.562. The van der Waals surface area contributed by atoms with Crippen LogP contribution in [0.1, 0.15) is 51.4 Å². The van der Waals surface area contributed by atoms with Gasteiger partial charge in [0.05, 0.1) is 12.3 Å². The van der Waals surface area contributed by atoms with Gasteiger partial charge in [-0.1, -0.05) is 6.42 Å². The van der Waals surface area contributed by atoms with Crippen molar-refractivity contribution in [3.8, 4) is 5.75 Å². The molecule has 1 aromatic rings. The van der Waals surface area contributed by atoms with E-state index in [-0.39, 0.29) is 36.1 Å². The van der Waals surface area contributed by atoms with Gasteiger partial charge in [-0.2, -0.15) is 0 Å². The largest absolute Gasteiger partial charge is 0.490 e. The van der Waals surface area contributed by atoms with Crippen LogP contribution in [0.2, 0.25) is 0 Å². The lowest BCUT2D eigenvalue weighted by Gasteiger charge is -2.39. The predicted molar refractivity (Wildman–Crippen MR) is 96.6 cm³/mol. The van der Waals surface area contributed by atoms with Gasteiger partial charge in [-0.25, -0.2) is 4.39 Å². The van der Waals surface area contributed by atoms with E-state index in [0.717, 1.165) is 44.9 Å². The number of benzene rings is 1.